The van der Waals surface area contributed by atoms with Crippen LogP contribution < -0.4 is 16.4 Å². The summed E-state index contributed by atoms with van der Waals surface area (Å²) in [5.41, 5.74) is 11.2. The van der Waals surface area contributed by atoms with Gasteiger partial charge in [0, 0.05) is 26.2 Å². The zero-order valence-electron chi connectivity index (χ0n) is 13.7. The van der Waals surface area contributed by atoms with Crippen molar-refractivity contribution in [2.75, 3.05) is 36.8 Å². The number of carbonyl (C=O) groups excluding carboxylic acids is 2. The van der Waals surface area contributed by atoms with Crippen LogP contribution in [0.3, 0.4) is 0 Å². The molecule has 1 saturated heterocycles. The van der Waals surface area contributed by atoms with Crippen LogP contribution in [0.5, 0.6) is 0 Å². The highest BCUT2D eigenvalue weighted by molar-refractivity contribution is 5.98. The van der Waals surface area contributed by atoms with Crippen LogP contribution in [0, 0.1) is 0 Å². The number of nitrogen functional groups attached to an aromatic ring is 1. The predicted molar refractivity (Wildman–Crippen MR) is 87.2 cm³/mol. The van der Waals surface area contributed by atoms with E-state index < -0.39 is 11.5 Å². The quantitative estimate of drug-likeness (QED) is 0.833. The molecule has 1 aromatic heterocycles. The van der Waals surface area contributed by atoms with E-state index >= 15 is 0 Å². The van der Waals surface area contributed by atoms with Crippen molar-refractivity contribution in [2.45, 2.75) is 26.4 Å². The second-order valence-electron chi connectivity index (χ2n) is 6.46. The number of primary amides is 1. The molecule has 0 radical (unpaired) electrons. The number of nitrogens with two attached hydrogens (primary N) is 2. The third kappa shape index (κ3) is 4.24. The van der Waals surface area contributed by atoms with Crippen molar-refractivity contribution in [3.63, 3.8) is 0 Å². The normalized spacial score (nSPS) is 15.4. The lowest BCUT2D eigenvalue weighted by atomic mass is 10.2. The van der Waals surface area contributed by atoms with Crippen molar-refractivity contribution in [1.82, 2.24) is 9.88 Å². The predicted octanol–water partition coefficient (Wildman–Crippen LogP) is 0.820. The molecule has 1 fully saturated rings. The van der Waals surface area contributed by atoms with Crippen molar-refractivity contribution in [2.24, 2.45) is 5.73 Å². The lowest BCUT2D eigenvalue weighted by molar-refractivity contribution is 0.0240. The maximum atomic E-state index is 12.1. The first kappa shape index (κ1) is 16.9. The van der Waals surface area contributed by atoms with Gasteiger partial charge in [0.1, 0.15) is 11.4 Å². The highest BCUT2D eigenvalue weighted by atomic mass is 16.6. The molecular weight excluding hydrogens is 298 g/mol. The molecule has 2 rings (SSSR count). The van der Waals surface area contributed by atoms with Crippen LogP contribution in [-0.4, -0.2) is 53.7 Å². The molecule has 1 aromatic rings. The van der Waals surface area contributed by atoms with Crippen LogP contribution in [0.25, 0.3) is 0 Å². The summed E-state index contributed by atoms with van der Waals surface area (Å²) in [7, 11) is 0. The number of carbonyl (C=O) groups is 2. The molecule has 23 heavy (non-hydrogen) atoms. The molecule has 8 heteroatoms. The zero-order chi connectivity index (χ0) is 17.2. The molecule has 0 spiro atoms. The van der Waals surface area contributed by atoms with Crippen LogP contribution in [-0.2, 0) is 4.74 Å². The van der Waals surface area contributed by atoms with Gasteiger partial charge in [0.2, 0.25) is 0 Å². The molecule has 2 amide bonds. The Morgan fingerprint density at radius 2 is 1.83 bits per heavy atom. The van der Waals surface area contributed by atoms with Gasteiger partial charge in [-0.1, -0.05) is 0 Å². The highest BCUT2D eigenvalue weighted by Crippen LogP contribution is 2.21. The number of hydrogen-bond acceptors (Lipinski definition) is 6. The largest absolute Gasteiger partial charge is 0.444 e. The van der Waals surface area contributed by atoms with E-state index in [4.69, 9.17) is 16.2 Å². The van der Waals surface area contributed by atoms with Gasteiger partial charge in [-0.05, 0) is 26.8 Å². The van der Waals surface area contributed by atoms with E-state index in [9.17, 15) is 9.59 Å². The van der Waals surface area contributed by atoms with Gasteiger partial charge < -0.3 is 26.0 Å². The molecular formula is C15H23N5O3. The summed E-state index contributed by atoms with van der Waals surface area (Å²) in [6.07, 6.45) is 1.15. The number of nitrogens with zero attached hydrogens (tertiary/aromatic N) is 3. The monoisotopic (exact) mass is 321 g/mol. The van der Waals surface area contributed by atoms with Gasteiger partial charge in [0.15, 0.2) is 0 Å². The number of anilines is 2. The number of hydrogen-bond donors (Lipinski definition) is 2. The second kappa shape index (κ2) is 6.31. The Labute approximate surface area is 135 Å². The number of amides is 2. The van der Waals surface area contributed by atoms with Crippen LogP contribution in [0.15, 0.2) is 12.3 Å². The molecule has 2 heterocycles. The van der Waals surface area contributed by atoms with E-state index in [0.717, 1.165) is 0 Å². The van der Waals surface area contributed by atoms with Crippen LogP contribution in [0.1, 0.15) is 31.1 Å². The third-order valence-corrected chi connectivity index (χ3v) is 3.38. The molecule has 1 aliphatic heterocycles. The summed E-state index contributed by atoms with van der Waals surface area (Å²) >= 11 is 0. The Kier molecular flexibility index (Phi) is 4.63. The fraction of sp³-hybridized carbons (Fsp3) is 0.533. The van der Waals surface area contributed by atoms with Crippen molar-refractivity contribution >= 4 is 23.5 Å². The smallest absolute Gasteiger partial charge is 0.410 e. The average Bonchev–Trinajstić information content (AvgIpc) is 2.45. The Morgan fingerprint density at radius 1 is 1.22 bits per heavy atom. The Bertz CT molecular complexity index is 604. The van der Waals surface area contributed by atoms with Gasteiger partial charge in [-0.2, -0.15) is 0 Å². The number of piperazine rings is 1. The Balaban J connectivity index is 2.05. The highest BCUT2D eigenvalue weighted by Gasteiger charge is 2.27. The first-order valence-corrected chi connectivity index (χ1v) is 7.45. The summed E-state index contributed by atoms with van der Waals surface area (Å²) in [6, 6.07) is 1.52. The van der Waals surface area contributed by atoms with Gasteiger partial charge in [-0.3, -0.25) is 4.79 Å². The molecule has 4 N–H and O–H groups in total. The average molecular weight is 321 g/mol. The molecule has 0 saturated carbocycles. The number of rotatable bonds is 2. The van der Waals surface area contributed by atoms with Crippen LogP contribution >= 0.6 is 0 Å². The van der Waals surface area contributed by atoms with Crippen molar-refractivity contribution in [1.29, 1.82) is 0 Å². The zero-order valence-corrected chi connectivity index (χ0v) is 13.7. The summed E-state index contributed by atoms with van der Waals surface area (Å²) in [4.78, 5) is 31.4. The van der Waals surface area contributed by atoms with E-state index in [1.807, 2.05) is 25.7 Å². The van der Waals surface area contributed by atoms with E-state index in [2.05, 4.69) is 4.98 Å². The van der Waals surface area contributed by atoms with E-state index in [0.29, 0.717) is 37.7 Å². The molecule has 1 aliphatic rings. The number of pyridine rings is 1. The molecule has 0 unspecified atom stereocenters. The molecule has 0 bridgehead atoms. The fourth-order valence-corrected chi connectivity index (χ4v) is 2.33. The van der Waals surface area contributed by atoms with Gasteiger partial charge >= 0.3 is 6.09 Å². The topological polar surface area (TPSA) is 115 Å². The second-order valence-corrected chi connectivity index (χ2v) is 6.46. The maximum absolute atomic E-state index is 12.1. The van der Waals surface area contributed by atoms with Crippen molar-refractivity contribution in [3.8, 4) is 0 Å². The lowest BCUT2D eigenvalue weighted by Gasteiger charge is -2.36. The standard InChI is InChI=1S/C15H23N5O3/c1-15(2,3)23-14(22)20-6-4-19(5-7-20)13-11(12(17)21)8-10(16)9-18-13/h8-9H,4-7,16H2,1-3H3,(H2,17,21). The summed E-state index contributed by atoms with van der Waals surface area (Å²) in [5.74, 6) is -0.0788. The first-order chi connectivity index (χ1) is 10.7. The molecule has 0 atom stereocenters. The SMILES string of the molecule is CC(C)(C)OC(=O)N1CCN(c2ncc(N)cc2C(N)=O)CC1. The lowest BCUT2D eigenvalue weighted by Crippen LogP contribution is -2.50. The number of ether oxygens (including phenoxy) is 1. The summed E-state index contributed by atoms with van der Waals surface area (Å²) in [6.45, 7) is 7.54. The minimum Gasteiger partial charge on any atom is -0.444 e. The third-order valence-electron chi connectivity index (χ3n) is 3.38. The minimum atomic E-state index is -0.575. The fourth-order valence-electron chi connectivity index (χ4n) is 2.33. The van der Waals surface area contributed by atoms with Crippen molar-refractivity contribution in [3.05, 3.63) is 17.8 Å². The minimum absolute atomic E-state index is 0.288. The van der Waals surface area contributed by atoms with Crippen LogP contribution in [0.4, 0.5) is 16.3 Å². The van der Waals surface area contributed by atoms with Gasteiger partial charge in [-0.25, -0.2) is 9.78 Å². The summed E-state index contributed by atoms with van der Waals surface area (Å²) in [5, 5.41) is 0. The van der Waals surface area contributed by atoms with Gasteiger partial charge in [-0.15, -0.1) is 0 Å². The molecule has 8 nitrogen and oxygen atoms in total. The summed E-state index contributed by atoms with van der Waals surface area (Å²) < 4.78 is 5.36. The van der Waals surface area contributed by atoms with Gasteiger partial charge in [0.25, 0.3) is 5.91 Å². The number of aromatic nitrogens is 1. The van der Waals surface area contributed by atoms with E-state index in [1.165, 1.54) is 12.3 Å². The van der Waals surface area contributed by atoms with E-state index in [-0.39, 0.29) is 11.7 Å². The first-order valence-electron chi connectivity index (χ1n) is 7.45. The molecule has 126 valence electrons. The molecule has 0 aliphatic carbocycles. The van der Waals surface area contributed by atoms with Gasteiger partial charge in [0.05, 0.1) is 17.4 Å². The molecule has 0 aromatic carbocycles. The maximum Gasteiger partial charge on any atom is 0.410 e. The van der Waals surface area contributed by atoms with E-state index in [1.54, 1.807) is 4.90 Å². The Hall–Kier alpha value is -2.51. The Morgan fingerprint density at radius 3 is 2.35 bits per heavy atom. The van der Waals surface area contributed by atoms with Crippen molar-refractivity contribution < 1.29 is 14.3 Å². The van der Waals surface area contributed by atoms with Crippen LogP contribution in [0.2, 0.25) is 0 Å².